The molecular formula is C29H47B2N5O7. The van der Waals surface area contributed by atoms with Crippen LogP contribution in [-0.2, 0) is 34.6 Å². The standard InChI is InChI=1S/C13H21BN2O3.C9H15BN2O2.C4H8O2.C3H3N/c1-12(2)13(3,4)19-14(18-12)11-5-15-16(7-11)6-10-8-17-9-10;1-8(2)9(3,4)14-10(13-8)7-5-11-12-6-7;5-1-4-2-6-3-4;1-2-3-4/h5,7,10H,6,8-9H2,1-4H3;5-6H,1-4H3,(H,11,12);4-5H,1-3H2;2H,1H2. The number of aromatic amines is 1. The lowest BCUT2D eigenvalue weighted by Gasteiger charge is -2.32. The Balaban J connectivity index is 0.000000184. The number of ether oxygens (including phenoxy) is 2. The molecule has 6 heterocycles. The monoisotopic (exact) mass is 599 g/mol. The number of aliphatic hydroxyl groups excluding tert-OH is 1. The summed E-state index contributed by atoms with van der Waals surface area (Å²) in [6.45, 7) is 23.9. The van der Waals surface area contributed by atoms with Crippen LogP contribution in [-0.4, -0.2) is 94.8 Å². The molecule has 4 aliphatic heterocycles. The molecule has 0 radical (unpaired) electrons. The van der Waals surface area contributed by atoms with E-state index < -0.39 is 0 Å². The van der Waals surface area contributed by atoms with E-state index in [0.717, 1.165) is 43.9 Å². The number of nitriles is 1. The van der Waals surface area contributed by atoms with Crippen LogP contribution in [0.2, 0.25) is 0 Å². The highest BCUT2D eigenvalue weighted by atomic mass is 16.7. The van der Waals surface area contributed by atoms with Gasteiger partial charge in [-0.25, -0.2) is 0 Å². The predicted octanol–water partition coefficient (Wildman–Crippen LogP) is 1.86. The van der Waals surface area contributed by atoms with Gasteiger partial charge in [-0.05, 0) is 55.4 Å². The van der Waals surface area contributed by atoms with Crippen molar-refractivity contribution in [2.75, 3.05) is 33.0 Å². The molecule has 0 spiro atoms. The maximum absolute atomic E-state index is 8.31. The Morgan fingerprint density at radius 3 is 1.70 bits per heavy atom. The number of nitrogens with zero attached hydrogens (tertiary/aromatic N) is 4. The topological polar surface area (TPSA) is 146 Å². The van der Waals surface area contributed by atoms with E-state index in [1.807, 2.05) is 44.8 Å². The van der Waals surface area contributed by atoms with Crippen molar-refractivity contribution < 1.29 is 33.2 Å². The van der Waals surface area contributed by atoms with Gasteiger partial charge in [0.2, 0.25) is 0 Å². The third kappa shape index (κ3) is 9.01. The first-order valence-corrected chi connectivity index (χ1v) is 14.6. The number of nitrogens with one attached hydrogen (secondary N) is 1. The number of aliphatic hydroxyl groups is 1. The second-order valence-corrected chi connectivity index (χ2v) is 13.0. The summed E-state index contributed by atoms with van der Waals surface area (Å²) in [5.41, 5.74) is 0.745. The molecule has 0 bridgehead atoms. The van der Waals surface area contributed by atoms with E-state index in [0.29, 0.717) is 18.4 Å². The minimum absolute atomic E-state index is 0.283. The zero-order valence-corrected chi connectivity index (χ0v) is 26.8. The molecule has 2 aromatic rings. The van der Waals surface area contributed by atoms with Crippen molar-refractivity contribution in [3.05, 3.63) is 37.4 Å². The van der Waals surface area contributed by atoms with Gasteiger partial charge in [0.05, 0.1) is 61.5 Å². The summed E-state index contributed by atoms with van der Waals surface area (Å²) in [6, 6.07) is 1.69. The van der Waals surface area contributed by atoms with Gasteiger partial charge in [-0.15, -0.1) is 0 Å². The Hall–Kier alpha value is -2.50. The summed E-state index contributed by atoms with van der Waals surface area (Å²) < 4.78 is 35.6. The lowest BCUT2D eigenvalue weighted by atomic mass is 9.82. The quantitative estimate of drug-likeness (QED) is 0.386. The molecule has 0 aromatic carbocycles. The molecule has 4 aliphatic rings. The molecule has 12 nitrogen and oxygen atoms in total. The molecule has 0 atom stereocenters. The van der Waals surface area contributed by atoms with Crippen molar-refractivity contribution in [3.8, 4) is 6.07 Å². The summed E-state index contributed by atoms with van der Waals surface area (Å²) in [7, 11) is -0.629. The van der Waals surface area contributed by atoms with Crippen molar-refractivity contribution in [2.45, 2.75) is 84.3 Å². The van der Waals surface area contributed by atoms with Crippen LogP contribution in [0.5, 0.6) is 0 Å². The number of H-pyrrole nitrogens is 1. The van der Waals surface area contributed by atoms with Gasteiger partial charge < -0.3 is 33.2 Å². The van der Waals surface area contributed by atoms with Crippen molar-refractivity contribution in [1.82, 2.24) is 20.0 Å². The second kappa shape index (κ2) is 14.5. The average Bonchev–Trinajstić information content (AvgIpc) is 3.64. The van der Waals surface area contributed by atoms with Gasteiger partial charge in [-0.2, -0.15) is 15.5 Å². The molecule has 4 fully saturated rings. The van der Waals surface area contributed by atoms with E-state index in [1.54, 1.807) is 18.5 Å². The molecular weight excluding hydrogens is 552 g/mol. The summed E-state index contributed by atoms with van der Waals surface area (Å²) in [4.78, 5) is 0. The first-order valence-electron chi connectivity index (χ1n) is 14.6. The average molecular weight is 599 g/mol. The molecule has 236 valence electrons. The number of aromatic nitrogens is 4. The van der Waals surface area contributed by atoms with E-state index >= 15 is 0 Å². The second-order valence-electron chi connectivity index (χ2n) is 13.0. The third-order valence-electron chi connectivity index (χ3n) is 8.43. The maximum atomic E-state index is 8.31. The summed E-state index contributed by atoms with van der Waals surface area (Å²) >= 11 is 0. The van der Waals surface area contributed by atoms with E-state index in [9.17, 15) is 0 Å². The molecule has 4 saturated heterocycles. The van der Waals surface area contributed by atoms with Gasteiger partial charge in [-0.1, -0.05) is 6.58 Å². The fourth-order valence-electron chi connectivity index (χ4n) is 3.99. The van der Waals surface area contributed by atoms with Crippen LogP contribution in [0.3, 0.4) is 0 Å². The van der Waals surface area contributed by atoms with Crippen LogP contribution in [0.1, 0.15) is 55.4 Å². The van der Waals surface area contributed by atoms with Gasteiger partial charge in [0.15, 0.2) is 0 Å². The Labute approximate surface area is 256 Å². The van der Waals surface area contributed by atoms with Gasteiger partial charge in [0, 0.05) is 60.2 Å². The first kappa shape index (κ1) is 35.0. The summed E-state index contributed by atoms with van der Waals surface area (Å²) in [5, 5.41) is 26.8. The van der Waals surface area contributed by atoms with Crippen molar-refractivity contribution >= 4 is 25.2 Å². The SMILES string of the molecule is C=CC#N.CC1(C)OB(c2cn[nH]c2)OC1(C)C.CC1(C)OB(c2cnn(CC3COC3)c2)OC1(C)C.OCC1COC1. The fraction of sp³-hybridized carbons (Fsp3) is 0.690. The number of hydrogen-bond acceptors (Lipinski definition) is 10. The zero-order valence-electron chi connectivity index (χ0n) is 26.8. The number of hydrogen-bond donors (Lipinski definition) is 2. The normalized spacial score (nSPS) is 22.8. The van der Waals surface area contributed by atoms with E-state index in [2.05, 4.69) is 49.6 Å². The third-order valence-corrected chi connectivity index (χ3v) is 8.43. The minimum Gasteiger partial charge on any atom is -0.399 e. The van der Waals surface area contributed by atoms with Crippen LogP contribution >= 0.6 is 0 Å². The fourth-order valence-corrected chi connectivity index (χ4v) is 3.99. The van der Waals surface area contributed by atoms with Crippen LogP contribution in [0.25, 0.3) is 0 Å². The molecule has 0 amide bonds. The van der Waals surface area contributed by atoms with Crippen LogP contribution in [0, 0.1) is 23.2 Å². The lowest BCUT2D eigenvalue weighted by molar-refractivity contribution is -0.0554. The Morgan fingerprint density at radius 1 is 0.907 bits per heavy atom. The molecule has 14 heteroatoms. The van der Waals surface area contributed by atoms with Gasteiger partial charge in [0.25, 0.3) is 0 Å². The summed E-state index contributed by atoms with van der Waals surface area (Å²) in [5.74, 6) is 1.04. The highest BCUT2D eigenvalue weighted by Crippen LogP contribution is 2.37. The largest absolute Gasteiger partial charge is 0.498 e. The molecule has 43 heavy (non-hydrogen) atoms. The van der Waals surface area contributed by atoms with Gasteiger partial charge in [-0.3, -0.25) is 9.78 Å². The van der Waals surface area contributed by atoms with Gasteiger partial charge in [0.1, 0.15) is 0 Å². The van der Waals surface area contributed by atoms with Crippen LogP contribution in [0.4, 0.5) is 0 Å². The molecule has 0 saturated carbocycles. The van der Waals surface area contributed by atoms with E-state index in [4.69, 9.17) is 38.5 Å². The van der Waals surface area contributed by atoms with E-state index in [1.165, 1.54) is 6.08 Å². The molecule has 2 aromatic heterocycles. The maximum Gasteiger partial charge on any atom is 0.498 e. The molecule has 0 unspecified atom stereocenters. The molecule has 6 rings (SSSR count). The minimum atomic E-state index is -0.323. The lowest BCUT2D eigenvalue weighted by Crippen LogP contribution is -2.41. The number of rotatable bonds is 5. The van der Waals surface area contributed by atoms with Crippen molar-refractivity contribution in [1.29, 1.82) is 5.26 Å². The molecule has 2 N–H and O–H groups in total. The smallest absolute Gasteiger partial charge is 0.399 e. The van der Waals surface area contributed by atoms with Crippen molar-refractivity contribution in [2.24, 2.45) is 11.8 Å². The Bertz CT molecular complexity index is 1150. The Morgan fingerprint density at radius 2 is 1.37 bits per heavy atom. The first-order chi connectivity index (χ1) is 20.1. The Kier molecular flexibility index (Phi) is 11.8. The van der Waals surface area contributed by atoms with Crippen LogP contribution in [0.15, 0.2) is 37.4 Å². The van der Waals surface area contributed by atoms with Crippen LogP contribution < -0.4 is 10.9 Å². The van der Waals surface area contributed by atoms with E-state index in [-0.39, 0.29) is 36.6 Å². The highest BCUT2D eigenvalue weighted by Gasteiger charge is 2.53. The van der Waals surface area contributed by atoms with Gasteiger partial charge >= 0.3 is 14.2 Å². The zero-order chi connectivity index (χ0) is 31.9. The highest BCUT2D eigenvalue weighted by molar-refractivity contribution is 6.62. The summed E-state index contributed by atoms with van der Waals surface area (Å²) in [6.07, 6.45) is 8.55. The van der Waals surface area contributed by atoms with Crippen molar-refractivity contribution in [3.63, 3.8) is 0 Å². The molecule has 0 aliphatic carbocycles. The predicted molar refractivity (Wildman–Crippen MR) is 164 cm³/mol. The number of allylic oxidation sites excluding steroid dienone is 1.